The van der Waals surface area contributed by atoms with Crippen LogP contribution in [0, 0.1) is 5.92 Å². The molecular formula is C15H17Cl2NO3. The summed E-state index contributed by atoms with van der Waals surface area (Å²) < 4.78 is 4.66. The number of carbonyl (C=O) groups is 2. The van der Waals surface area contributed by atoms with E-state index >= 15 is 0 Å². The number of amides is 1. The molecular weight excluding hydrogens is 313 g/mol. The molecule has 0 radical (unpaired) electrons. The Bertz CT molecular complexity index is 536. The molecule has 0 aromatic heterocycles. The molecule has 1 aromatic carbocycles. The minimum Gasteiger partial charge on any atom is -0.467 e. The van der Waals surface area contributed by atoms with Crippen LogP contribution >= 0.6 is 23.2 Å². The maximum atomic E-state index is 11.9. The van der Waals surface area contributed by atoms with Gasteiger partial charge in [0.15, 0.2) is 0 Å². The minimum absolute atomic E-state index is 0.0845. The van der Waals surface area contributed by atoms with E-state index in [2.05, 4.69) is 10.1 Å². The Kier molecular flexibility index (Phi) is 6.72. The normalized spacial score (nSPS) is 12.5. The van der Waals surface area contributed by atoms with Gasteiger partial charge >= 0.3 is 5.97 Å². The highest BCUT2D eigenvalue weighted by molar-refractivity contribution is 6.37. The van der Waals surface area contributed by atoms with E-state index in [1.54, 1.807) is 18.2 Å². The van der Waals surface area contributed by atoms with Gasteiger partial charge in [0.2, 0.25) is 5.91 Å². The standard InChI is InChI=1S/C15H17Cl2NO3/c1-9(2)14(15(20)21-3)18-13(19)8-7-10-11(16)5-4-6-12(10)17/h4-9,14H,1-3H3,(H,18,19)/b8-7+/t14-/m0/s1. The monoisotopic (exact) mass is 329 g/mol. The van der Waals surface area contributed by atoms with Crippen LogP contribution in [0.5, 0.6) is 0 Å². The molecule has 4 nitrogen and oxygen atoms in total. The van der Waals surface area contributed by atoms with Crippen LogP contribution in [0.4, 0.5) is 0 Å². The molecule has 0 spiro atoms. The summed E-state index contributed by atoms with van der Waals surface area (Å²) in [5.41, 5.74) is 0.551. The number of hydrogen-bond acceptors (Lipinski definition) is 3. The van der Waals surface area contributed by atoms with E-state index in [0.717, 1.165) is 0 Å². The Morgan fingerprint density at radius 2 is 1.81 bits per heavy atom. The first-order valence-electron chi connectivity index (χ1n) is 6.37. The quantitative estimate of drug-likeness (QED) is 0.666. The van der Waals surface area contributed by atoms with Gasteiger partial charge in [-0.2, -0.15) is 0 Å². The molecule has 0 fully saturated rings. The van der Waals surface area contributed by atoms with Crippen LogP contribution in [0.1, 0.15) is 19.4 Å². The van der Waals surface area contributed by atoms with Gasteiger partial charge in [-0.1, -0.05) is 43.1 Å². The van der Waals surface area contributed by atoms with Crippen molar-refractivity contribution in [1.29, 1.82) is 0 Å². The van der Waals surface area contributed by atoms with Gasteiger partial charge in [0, 0.05) is 21.7 Å². The SMILES string of the molecule is COC(=O)[C@@H](NC(=O)/C=C/c1c(Cl)cccc1Cl)C(C)C. The zero-order valence-electron chi connectivity index (χ0n) is 12.0. The van der Waals surface area contributed by atoms with Crippen LogP contribution in [-0.4, -0.2) is 25.0 Å². The van der Waals surface area contributed by atoms with Crippen LogP contribution < -0.4 is 5.32 Å². The number of halogens is 2. The first-order valence-corrected chi connectivity index (χ1v) is 7.12. The molecule has 1 N–H and O–H groups in total. The molecule has 114 valence electrons. The van der Waals surface area contributed by atoms with Gasteiger partial charge < -0.3 is 10.1 Å². The molecule has 6 heteroatoms. The summed E-state index contributed by atoms with van der Waals surface area (Å²) in [6, 6.07) is 4.37. The Hall–Kier alpha value is -1.52. The van der Waals surface area contributed by atoms with Crippen LogP contribution in [0.2, 0.25) is 10.0 Å². The van der Waals surface area contributed by atoms with Gasteiger partial charge in [-0.25, -0.2) is 4.79 Å². The fourth-order valence-electron chi connectivity index (χ4n) is 1.66. The van der Waals surface area contributed by atoms with Gasteiger partial charge in [-0.3, -0.25) is 4.79 Å². The van der Waals surface area contributed by atoms with Crippen LogP contribution in [0.15, 0.2) is 24.3 Å². The third-order valence-electron chi connectivity index (χ3n) is 2.82. The second-order valence-corrected chi connectivity index (χ2v) is 5.54. The highest BCUT2D eigenvalue weighted by Gasteiger charge is 2.23. The van der Waals surface area contributed by atoms with E-state index < -0.39 is 17.9 Å². The number of rotatable bonds is 5. The van der Waals surface area contributed by atoms with E-state index in [1.807, 2.05) is 13.8 Å². The van der Waals surface area contributed by atoms with Gasteiger partial charge in [-0.05, 0) is 24.1 Å². The number of hydrogen-bond donors (Lipinski definition) is 1. The van der Waals surface area contributed by atoms with Crippen molar-refractivity contribution in [2.24, 2.45) is 5.92 Å². The van der Waals surface area contributed by atoms with Crippen molar-refractivity contribution in [3.63, 3.8) is 0 Å². The van der Waals surface area contributed by atoms with Crippen molar-refractivity contribution in [3.8, 4) is 0 Å². The Morgan fingerprint density at radius 3 is 2.29 bits per heavy atom. The van der Waals surface area contributed by atoms with E-state index in [1.165, 1.54) is 19.3 Å². The van der Waals surface area contributed by atoms with Crippen molar-refractivity contribution in [2.45, 2.75) is 19.9 Å². The summed E-state index contributed by atoms with van der Waals surface area (Å²) in [6.45, 7) is 3.63. The third kappa shape index (κ3) is 5.06. The molecule has 0 unspecified atom stereocenters. The molecule has 1 amide bonds. The van der Waals surface area contributed by atoms with Crippen molar-refractivity contribution in [3.05, 3.63) is 39.9 Å². The fraction of sp³-hybridized carbons (Fsp3) is 0.333. The lowest BCUT2D eigenvalue weighted by atomic mass is 10.0. The van der Waals surface area contributed by atoms with Crippen molar-refractivity contribution >= 4 is 41.2 Å². The molecule has 0 saturated heterocycles. The number of nitrogens with one attached hydrogen (secondary N) is 1. The van der Waals surface area contributed by atoms with Gasteiger partial charge in [0.25, 0.3) is 0 Å². The van der Waals surface area contributed by atoms with E-state index in [4.69, 9.17) is 23.2 Å². The second-order valence-electron chi connectivity index (χ2n) is 4.72. The Balaban J connectivity index is 2.81. The highest BCUT2D eigenvalue weighted by atomic mass is 35.5. The molecule has 0 aliphatic rings. The lowest BCUT2D eigenvalue weighted by molar-refractivity contribution is -0.145. The number of ether oxygens (including phenoxy) is 1. The average Bonchev–Trinajstić information content (AvgIpc) is 2.43. The lowest BCUT2D eigenvalue weighted by Crippen LogP contribution is -2.44. The maximum absolute atomic E-state index is 11.9. The maximum Gasteiger partial charge on any atom is 0.328 e. The summed E-state index contributed by atoms with van der Waals surface area (Å²) in [5.74, 6) is -0.990. The van der Waals surface area contributed by atoms with Crippen molar-refractivity contribution < 1.29 is 14.3 Å². The molecule has 0 saturated carbocycles. The summed E-state index contributed by atoms with van der Waals surface area (Å²) in [5, 5.41) is 3.48. The smallest absolute Gasteiger partial charge is 0.328 e. The molecule has 1 aromatic rings. The lowest BCUT2D eigenvalue weighted by Gasteiger charge is -2.18. The fourth-order valence-corrected chi connectivity index (χ4v) is 2.18. The molecule has 0 aliphatic carbocycles. The first-order chi connectivity index (χ1) is 9.86. The second kappa shape index (κ2) is 8.05. The van der Waals surface area contributed by atoms with Crippen LogP contribution in [0.25, 0.3) is 6.08 Å². The van der Waals surface area contributed by atoms with Crippen molar-refractivity contribution in [2.75, 3.05) is 7.11 Å². The first kappa shape index (κ1) is 17.5. The summed E-state index contributed by atoms with van der Waals surface area (Å²) >= 11 is 12.0. The summed E-state index contributed by atoms with van der Waals surface area (Å²) in [4.78, 5) is 23.5. The molecule has 21 heavy (non-hydrogen) atoms. The highest BCUT2D eigenvalue weighted by Crippen LogP contribution is 2.25. The van der Waals surface area contributed by atoms with E-state index in [-0.39, 0.29) is 5.92 Å². The topological polar surface area (TPSA) is 55.4 Å². The summed E-state index contributed by atoms with van der Waals surface area (Å²) in [7, 11) is 1.28. The molecule has 0 bridgehead atoms. The average molecular weight is 330 g/mol. The molecule has 0 aliphatic heterocycles. The zero-order chi connectivity index (χ0) is 16.0. The Morgan fingerprint density at radius 1 is 1.24 bits per heavy atom. The van der Waals surface area contributed by atoms with Crippen LogP contribution in [0.3, 0.4) is 0 Å². The van der Waals surface area contributed by atoms with Crippen molar-refractivity contribution in [1.82, 2.24) is 5.32 Å². The zero-order valence-corrected chi connectivity index (χ0v) is 13.5. The van der Waals surface area contributed by atoms with Gasteiger partial charge in [0.1, 0.15) is 6.04 Å². The third-order valence-corrected chi connectivity index (χ3v) is 3.48. The molecule has 1 rings (SSSR count). The largest absolute Gasteiger partial charge is 0.467 e. The number of benzene rings is 1. The number of esters is 1. The minimum atomic E-state index is -0.700. The van der Waals surface area contributed by atoms with Crippen LogP contribution in [-0.2, 0) is 14.3 Å². The number of carbonyl (C=O) groups excluding carboxylic acids is 2. The summed E-state index contributed by atoms with van der Waals surface area (Å²) in [6.07, 6.45) is 2.79. The predicted octanol–water partition coefficient (Wildman–Crippen LogP) is 3.32. The molecule has 0 heterocycles. The van der Waals surface area contributed by atoms with Gasteiger partial charge in [-0.15, -0.1) is 0 Å². The Labute approximate surface area is 134 Å². The predicted molar refractivity (Wildman–Crippen MR) is 84.3 cm³/mol. The van der Waals surface area contributed by atoms with E-state index in [9.17, 15) is 9.59 Å². The molecule has 1 atom stereocenters. The van der Waals surface area contributed by atoms with Gasteiger partial charge in [0.05, 0.1) is 7.11 Å². The number of methoxy groups -OCH3 is 1. The van der Waals surface area contributed by atoms with E-state index in [0.29, 0.717) is 15.6 Å².